The third-order valence-electron chi connectivity index (χ3n) is 4.53. The van der Waals surface area contributed by atoms with Gasteiger partial charge >= 0.3 is 0 Å². The Labute approximate surface area is 161 Å². The molecule has 1 aliphatic heterocycles. The number of ether oxygens (including phenoxy) is 1. The van der Waals surface area contributed by atoms with Crippen molar-refractivity contribution in [3.63, 3.8) is 0 Å². The molecule has 0 saturated heterocycles. The minimum absolute atomic E-state index is 0.160. The fourth-order valence-electron chi connectivity index (χ4n) is 3.05. The zero-order valence-corrected chi connectivity index (χ0v) is 15.9. The second-order valence-electron chi connectivity index (χ2n) is 6.36. The van der Waals surface area contributed by atoms with Crippen LogP contribution in [0.4, 0.5) is 5.69 Å². The van der Waals surface area contributed by atoms with E-state index in [2.05, 4.69) is 4.98 Å². The molecule has 0 atom stereocenters. The van der Waals surface area contributed by atoms with E-state index in [1.807, 2.05) is 60.8 Å². The summed E-state index contributed by atoms with van der Waals surface area (Å²) in [5.74, 6) is 1.11. The lowest BCUT2D eigenvalue weighted by Gasteiger charge is -2.19. The van der Waals surface area contributed by atoms with Crippen LogP contribution in [0.1, 0.15) is 10.6 Å². The number of thiazole rings is 1. The van der Waals surface area contributed by atoms with Gasteiger partial charge in [0.15, 0.2) is 0 Å². The second-order valence-corrected chi connectivity index (χ2v) is 7.22. The smallest absolute Gasteiger partial charge is 0.139 e. The number of aliphatic hydroxyl groups is 1. The van der Waals surface area contributed by atoms with Gasteiger partial charge in [0.25, 0.3) is 0 Å². The summed E-state index contributed by atoms with van der Waals surface area (Å²) in [6.07, 6.45) is 0. The standard InChI is InChI=1S/C21H19N3O2S/c1-13-6-8-14(9-7-13)17-12-27-21(23-17)19-18(25)11-24(20(19)22)15-4-3-5-16(10-15)26-2/h3-10,12,22,25H,11H2,1-2H3. The Balaban J connectivity index is 1.63. The summed E-state index contributed by atoms with van der Waals surface area (Å²) < 4.78 is 5.27. The monoisotopic (exact) mass is 377 g/mol. The number of aliphatic hydroxyl groups excluding tert-OH is 1. The normalized spacial score (nSPS) is 14.1. The Morgan fingerprint density at radius 1 is 1.19 bits per heavy atom. The van der Waals surface area contributed by atoms with Crippen molar-refractivity contribution in [2.45, 2.75) is 6.92 Å². The van der Waals surface area contributed by atoms with Crippen molar-refractivity contribution in [1.82, 2.24) is 4.98 Å². The van der Waals surface area contributed by atoms with Gasteiger partial charge in [-0.3, -0.25) is 5.41 Å². The highest BCUT2D eigenvalue weighted by Gasteiger charge is 2.31. The van der Waals surface area contributed by atoms with Crippen LogP contribution in [-0.2, 0) is 0 Å². The second kappa shape index (κ2) is 6.89. The number of methoxy groups -OCH3 is 1. The average Bonchev–Trinajstić information content (AvgIpc) is 3.27. The van der Waals surface area contributed by atoms with Gasteiger partial charge in [-0.05, 0) is 19.1 Å². The van der Waals surface area contributed by atoms with Gasteiger partial charge in [0.1, 0.15) is 22.4 Å². The number of nitrogens with one attached hydrogen (secondary N) is 1. The molecule has 3 aromatic rings. The summed E-state index contributed by atoms with van der Waals surface area (Å²) in [4.78, 5) is 6.41. The number of aromatic nitrogens is 1. The number of anilines is 1. The number of benzene rings is 2. The van der Waals surface area contributed by atoms with Gasteiger partial charge in [-0.1, -0.05) is 35.9 Å². The number of hydrogen-bond donors (Lipinski definition) is 2. The third-order valence-corrected chi connectivity index (χ3v) is 5.39. The first-order valence-corrected chi connectivity index (χ1v) is 9.40. The van der Waals surface area contributed by atoms with E-state index < -0.39 is 0 Å². The Hall–Kier alpha value is -3.12. The van der Waals surface area contributed by atoms with Gasteiger partial charge < -0.3 is 14.7 Å². The van der Waals surface area contributed by atoms with E-state index in [0.717, 1.165) is 16.9 Å². The predicted octanol–water partition coefficient (Wildman–Crippen LogP) is 4.89. The molecule has 0 unspecified atom stereocenters. The van der Waals surface area contributed by atoms with Crippen molar-refractivity contribution in [2.75, 3.05) is 18.6 Å². The highest BCUT2D eigenvalue weighted by Crippen LogP contribution is 2.35. The van der Waals surface area contributed by atoms with E-state index in [-0.39, 0.29) is 18.1 Å². The van der Waals surface area contributed by atoms with Crippen molar-refractivity contribution in [3.05, 3.63) is 70.2 Å². The molecule has 0 spiro atoms. The molecule has 0 saturated carbocycles. The maximum absolute atomic E-state index is 10.5. The lowest BCUT2D eigenvalue weighted by Crippen LogP contribution is -2.25. The molecule has 2 aromatic carbocycles. The lowest BCUT2D eigenvalue weighted by atomic mass is 10.1. The van der Waals surface area contributed by atoms with Crippen LogP contribution in [0.2, 0.25) is 0 Å². The van der Waals surface area contributed by atoms with Crippen LogP contribution in [0.5, 0.6) is 5.75 Å². The first-order valence-electron chi connectivity index (χ1n) is 8.52. The fourth-order valence-corrected chi connectivity index (χ4v) is 3.94. The summed E-state index contributed by atoms with van der Waals surface area (Å²) >= 11 is 1.44. The predicted molar refractivity (Wildman–Crippen MR) is 110 cm³/mol. The zero-order valence-electron chi connectivity index (χ0n) is 15.1. The van der Waals surface area contributed by atoms with E-state index in [1.54, 1.807) is 12.0 Å². The van der Waals surface area contributed by atoms with E-state index in [4.69, 9.17) is 10.1 Å². The molecular weight excluding hydrogens is 358 g/mol. The Kier molecular flexibility index (Phi) is 4.41. The van der Waals surface area contributed by atoms with Crippen LogP contribution in [0.25, 0.3) is 16.8 Å². The molecule has 6 heteroatoms. The number of amidine groups is 1. The summed E-state index contributed by atoms with van der Waals surface area (Å²) in [6.45, 7) is 2.30. The summed E-state index contributed by atoms with van der Waals surface area (Å²) in [6, 6.07) is 15.6. The number of rotatable bonds is 4. The topological polar surface area (TPSA) is 69.4 Å². The van der Waals surface area contributed by atoms with E-state index in [9.17, 15) is 5.11 Å². The van der Waals surface area contributed by atoms with Crippen LogP contribution in [-0.4, -0.2) is 29.6 Å². The van der Waals surface area contributed by atoms with Crippen LogP contribution in [0, 0.1) is 12.3 Å². The Bertz CT molecular complexity index is 1040. The molecule has 4 rings (SSSR count). The first kappa shape index (κ1) is 17.3. The molecule has 27 heavy (non-hydrogen) atoms. The van der Waals surface area contributed by atoms with E-state index in [0.29, 0.717) is 16.3 Å². The number of hydrogen-bond acceptors (Lipinski definition) is 5. The van der Waals surface area contributed by atoms with Crippen molar-refractivity contribution in [2.24, 2.45) is 0 Å². The van der Waals surface area contributed by atoms with Crippen molar-refractivity contribution in [1.29, 1.82) is 5.41 Å². The maximum atomic E-state index is 10.5. The SMILES string of the molecule is COc1cccc(N2CC(O)=C(c3nc(-c4ccc(C)cc4)cs3)C2=N)c1. The molecule has 5 nitrogen and oxygen atoms in total. The Morgan fingerprint density at radius 3 is 2.70 bits per heavy atom. The molecule has 2 heterocycles. The van der Waals surface area contributed by atoms with Crippen molar-refractivity contribution < 1.29 is 9.84 Å². The van der Waals surface area contributed by atoms with Crippen molar-refractivity contribution >= 4 is 28.4 Å². The van der Waals surface area contributed by atoms with Crippen LogP contribution in [0.3, 0.4) is 0 Å². The minimum atomic E-state index is 0.160. The molecule has 1 aromatic heterocycles. The molecule has 0 amide bonds. The summed E-state index contributed by atoms with van der Waals surface area (Å²) in [7, 11) is 1.61. The molecular formula is C21H19N3O2S. The minimum Gasteiger partial charge on any atom is -0.510 e. The Morgan fingerprint density at radius 2 is 1.96 bits per heavy atom. The van der Waals surface area contributed by atoms with Gasteiger partial charge in [0.05, 0.1) is 24.9 Å². The van der Waals surface area contributed by atoms with Crippen molar-refractivity contribution in [3.8, 4) is 17.0 Å². The first-order chi connectivity index (χ1) is 13.1. The lowest BCUT2D eigenvalue weighted by molar-refractivity contribution is 0.410. The molecule has 1 aliphatic rings. The molecule has 136 valence electrons. The quantitative estimate of drug-likeness (QED) is 0.679. The maximum Gasteiger partial charge on any atom is 0.139 e. The molecule has 0 radical (unpaired) electrons. The molecule has 2 N–H and O–H groups in total. The third kappa shape index (κ3) is 3.19. The summed E-state index contributed by atoms with van der Waals surface area (Å²) in [5, 5.41) is 21.7. The van der Waals surface area contributed by atoms with Gasteiger partial charge in [0.2, 0.25) is 0 Å². The van der Waals surface area contributed by atoms with E-state index in [1.165, 1.54) is 16.9 Å². The van der Waals surface area contributed by atoms with E-state index >= 15 is 0 Å². The zero-order chi connectivity index (χ0) is 19.0. The van der Waals surface area contributed by atoms with Crippen LogP contribution < -0.4 is 9.64 Å². The largest absolute Gasteiger partial charge is 0.510 e. The molecule has 0 bridgehead atoms. The fraction of sp³-hybridized carbons (Fsp3) is 0.143. The number of aryl methyl sites for hydroxylation is 1. The van der Waals surface area contributed by atoms with Gasteiger partial charge in [-0.25, -0.2) is 4.98 Å². The van der Waals surface area contributed by atoms with Crippen LogP contribution >= 0.6 is 11.3 Å². The number of nitrogens with zero attached hydrogens (tertiary/aromatic N) is 2. The van der Waals surface area contributed by atoms with Gasteiger partial charge in [-0.2, -0.15) is 0 Å². The highest BCUT2D eigenvalue weighted by atomic mass is 32.1. The highest BCUT2D eigenvalue weighted by molar-refractivity contribution is 7.11. The summed E-state index contributed by atoms with van der Waals surface area (Å²) in [5.41, 5.74) is 4.36. The molecule has 0 fully saturated rings. The van der Waals surface area contributed by atoms with Gasteiger partial charge in [-0.15, -0.1) is 11.3 Å². The average molecular weight is 377 g/mol. The molecule has 0 aliphatic carbocycles. The van der Waals surface area contributed by atoms with Gasteiger partial charge in [0, 0.05) is 22.7 Å². The van der Waals surface area contributed by atoms with Crippen LogP contribution in [0.15, 0.2) is 59.7 Å².